The van der Waals surface area contributed by atoms with Crippen LogP contribution in [0, 0.1) is 0 Å². The zero-order valence-corrected chi connectivity index (χ0v) is 11.9. The van der Waals surface area contributed by atoms with Crippen LogP contribution in [0.4, 0.5) is 0 Å². The molecule has 19 heavy (non-hydrogen) atoms. The van der Waals surface area contributed by atoms with Gasteiger partial charge in [-0.1, -0.05) is 11.6 Å². The molecule has 5 heteroatoms. The summed E-state index contributed by atoms with van der Waals surface area (Å²) in [6, 6.07) is 0. The van der Waals surface area contributed by atoms with Gasteiger partial charge in [-0.25, -0.2) is 0 Å². The van der Waals surface area contributed by atoms with Gasteiger partial charge in [0.25, 0.3) is 0 Å². The first-order valence-corrected chi connectivity index (χ1v) is 7.04. The third kappa shape index (κ3) is 4.06. The predicted molar refractivity (Wildman–Crippen MR) is 73.7 cm³/mol. The van der Waals surface area contributed by atoms with Crippen molar-refractivity contribution in [3.05, 3.63) is 23.0 Å². The van der Waals surface area contributed by atoms with Gasteiger partial charge in [0.1, 0.15) is 5.75 Å². The van der Waals surface area contributed by atoms with E-state index in [2.05, 4.69) is 4.98 Å². The van der Waals surface area contributed by atoms with E-state index in [9.17, 15) is 5.11 Å². The molecule has 0 spiro atoms. The second-order valence-electron chi connectivity index (χ2n) is 4.88. The minimum absolute atomic E-state index is 0.162. The number of hydrogen-bond donors (Lipinski definition) is 1. The molecule has 1 aromatic rings. The number of aliphatic hydroxyl groups excluding tert-OH is 1. The Kier molecular flexibility index (Phi) is 5.43. The van der Waals surface area contributed by atoms with E-state index in [1.54, 1.807) is 19.5 Å². The zero-order chi connectivity index (χ0) is 13.7. The lowest BCUT2D eigenvalue weighted by Crippen LogP contribution is -2.26. The number of hydrogen-bond acceptors (Lipinski definition) is 4. The van der Waals surface area contributed by atoms with Crippen molar-refractivity contribution in [2.45, 2.75) is 44.3 Å². The van der Waals surface area contributed by atoms with E-state index in [-0.39, 0.29) is 6.10 Å². The molecule has 1 aliphatic heterocycles. The standard InChI is InChI=1S/C14H20ClNO3/c1-18-14-9-16-8-13(15)12(14)7-10(17)6-11-4-2-3-5-19-11/h8-11,17H,2-7H2,1H3. The predicted octanol–water partition coefficient (Wildman–Crippen LogP) is 2.61. The fourth-order valence-electron chi connectivity index (χ4n) is 2.43. The molecule has 1 fully saturated rings. The molecule has 0 bridgehead atoms. The molecule has 2 rings (SSSR count). The van der Waals surface area contributed by atoms with Gasteiger partial charge in [-0.3, -0.25) is 4.98 Å². The number of rotatable bonds is 5. The van der Waals surface area contributed by atoms with Crippen LogP contribution < -0.4 is 4.74 Å². The van der Waals surface area contributed by atoms with Gasteiger partial charge in [-0.05, 0) is 25.7 Å². The van der Waals surface area contributed by atoms with E-state index >= 15 is 0 Å². The van der Waals surface area contributed by atoms with E-state index in [4.69, 9.17) is 21.1 Å². The molecule has 2 unspecified atom stereocenters. The minimum atomic E-state index is -0.475. The van der Waals surface area contributed by atoms with Crippen LogP contribution in [0.5, 0.6) is 5.75 Å². The number of nitrogens with zero attached hydrogens (tertiary/aromatic N) is 1. The Hall–Kier alpha value is -0.840. The molecule has 106 valence electrons. The molecular weight excluding hydrogens is 266 g/mol. The van der Waals surface area contributed by atoms with Gasteiger partial charge in [0, 0.05) is 24.8 Å². The van der Waals surface area contributed by atoms with Crippen molar-refractivity contribution in [2.75, 3.05) is 13.7 Å². The molecule has 0 saturated carbocycles. The van der Waals surface area contributed by atoms with Crippen LogP contribution in [0.3, 0.4) is 0 Å². The Bertz CT molecular complexity index is 408. The number of halogens is 1. The normalized spacial score (nSPS) is 21.1. The van der Waals surface area contributed by atoms with E-state index in [1.807, 2.05) is 0 Å². The van der Waals surface area contributed by atoms with Crippen LogP contribution in [-0.2, 0) is 11.2 Å². The third-order valence-corrected chi connectivity index (χ3v) is 3.76. The quantitative estimate of drug-likeness (QED) is 0.903. The number of ether oxygens (including phenoxy) is 2. The number of aromatic nitrogens is 1. The maximum absolute atomic E-state index is 10.2. The van der Waals surface area contributed by atoms with Gasteiger partial charge in [-0.15, -0.1) is 0 Å². The van der Waals surface area contributed by atoms with Crippen molar-refractivity contribution in [2.24, 2.45) is 0 Å². The molecule has 0 radical (unpaired) electrons. The number of pyridine rings is 1. The van der Waals surface area contributed by atoms with E-state index < -0.39 is 6.10 Å². The summed E-state index contributed by atoms with van der Waals surface area (Å²) in [5.74, 6) is 0.621. The third-order valence-electron chi connectivity index (χ3n) is 3.43. The molecule has 4 nitrogen and oxygen atoms in total. The molecule has 1 aliphatic rings. The SMILES string of the molecule is COc1cncc(Cl)c1CC(O)CC1CCCCO1. The van der Waals surface area contributed by atoms with Crippen molar-refractivity contribution >= 4 is 11.6 Å². The second kappa shape index (κ2) is 7.08. The molecular formula is C14H20ClNO3. The first kappa shape index (κ1) is 14.6. The second-order valence-corrected chi connectivity index (χ2v) is 5.29. The molecule has 1 saturated heterocycles. The number of methoxy groups -OCH3 is 1. The van der Waals surface area contributed by atoms with Crippen molar-refractivity contribution < 1.29 is 14.6 Å². The van der Waals surface area contributed by atoms with Crippen LogP contribution in [0.1, 0.15) is 31.2 Å². The first-order valence-electron chi connectivity index (χ1n) is 6.66. The van der Waals surface area contributed by atoms with Crippen LogP contribution in [0.15, 0.2) is 12.4 Å². The molecule has 0 amide bonds. The highest BCUT2D eigenvalue weighted by atomic mass is 35.5. The van der Waals surface area contributed by atoms with Crippen molar-refractivity contribution in [1.29, 1.82) is 0 Å². The van der Waals surface area contributed by atoms with Crippen LogP contribution in [0.25, 0.3) is 0 Å². The van der Waals surface area contributed by atoms with Gasteiger partial charge in [-0.2, -0.15) is 0 Å². The molecule has 0 aromatic carbocycles. The van der Waals surface area contributed by atoms with E-state index in [0.29, 0.717) is 23.6 Å². The van der Waals surface area contributed by atoms with Crippen LogP contribution in [-0.4, -0.2) is 36.0 Å². The monoisotopic (exact) mass is 285 g/mol. The summed E-state index contributed by atoms with van der Waals surface area (Å²) < 4.78 is 10.9. The fraction of sp³-hybridized carbons (Fsp3) is 0.643. The van der Waals surface area contributed by atoms with Gasteiger partial charge in [0.2, 0.25) is 0 Å². The Labute approximate surface area is 118 Å². The summed E-state index contributed by atoms with van der Waals surface area (Å²) in [6.45, 7) is 0.802. The Morgan fingerprint density at radius 3 is 3.05 bits per heavy atom. The molecule has 2 heterocycles. The summed E-state index contributed by atoms with van der Waals surface area (Å²) >= 11 is 6.11. The van der Waals surface area contributed by atoms with Gasteiger partial charge < -0.3 is 14.6 Å². The summed E-state index contributed by atoms with van der Waals surface area (Å²) in [5.41, 5.74) is 0.808. The summed E-state index contributed by atoms with van der Waals surface area (Å²) in [4.78, 5) is 3.98. The fourth-order valence-corrected chi connectivity index (χ4v) is 2.66. The minimum Gasteiger partial charge on any atom is -0.495 e. The summed E-state index contributed by atoms with van der Waals surface area (Å²) in [6.07, 6.45) is 7.30. The number of aliphatic hydroxyl groups is 1. The maximum Gasteiger partial charge on any atom is 0.141 e. The van der Waals surface area contributed by atoms with E-state index in [0.717, 1.165) is 25.0 Å². The van der Waals surface area contributed by atoms with Crippen LogP contribution in [0.2, 0.25) is 5.02 Å². The molecule has 0 aliphatic carbocycles. The molecule has 2 atom stereocenters. The zero-order valence-electron chi connectivity index (χ0n) is 11.1. The van der Waals surface area contributed by atoms with Gasteiger partial charge in [0.05, 0.1) is 30.5 Å². The highest BCUT2D eigenvalue weighted by molar-refractivity contribution is 6.31. The van der Waals surface area contributed by atoms with Crippen molar-refractivity contribution in [1.82, 2.24) is 4.98 Å². The molecule has 1 N–H and O–H groups in total. The Morgan fingerprint density at radius 1 is 1.53 bits per heavy atom. The smallest absolute Gasteiger partial charge is 0.141 e. The lowest BCUT2D eigenvalue weighted by Gasteiger charge is -2.25. The van der Waals surface area contributed by atoms with Crippen molar-refractivity contribution in [3.63, 3.8) is 0 Å². The average Bonchev–Trinajstić information content (AvgIpc) is 2.42. The van der Waals surface area contributed by atoms with Gasteiger partial charge in [0.15, 0.2) is 0 Å². The van der Waals surface area contributed by atoms with Crippen molar-refractivity contribution in [3.8, 4) is 5.75 Å². The maximum atomic E-state index is 10.2. The summed E-state index contributed by atoms with van der Waals surface area (Å²) in [7, 11) is 1.58. The summed E-state index contributed by atoms with van der Waals surface area (Å²) in [5, 5.41) is 10.7. The van der Waals surface area contributed by atoms with E-state index in [1.165, 1.54) is 6.42 Å². The van der Waals surface area contributed by atoms with Crippen LogP contribution >= 0.6 is 11.6 Å². The lowest BCUT2D eigenvalue weighted by molar-refractivity contribution is -0.0148. The Balaban J connectivity index is 1.96. The largest absolute Gasteiger partial charge is 0.495 e. The highest BCUT2D eigenvalue weighted by Gasteiger charge is 2.20. The Morgan fingerprint density at radius 2 is 2.37 bits per heavy atom. The molecule has 1 aromatic heterocycles. The first-order chi connectivity index (χ1) is 9.20. The highest BCUT2D eigenvalue weighted by Crippen LogP contribution is 2.27. The lowest BCUT2D eigenvalue weighted by atomic mass is 9.99. The topological polar surface area (TPSA) is 51.6 Å². The van der Waals surface area contributed by atoms with Gasteiger partial charge >= 0.3 is 0 Å². The average molecular weight is 286 g/mol.